The lowest BCUT2D eigenvalue weighted by Gasteiger charge is -2.23. The van der Waals surface area contributed by atoms with Gasteiger partial charge in [0.1, 0.15) is 0 Å². The second kappa shape index (κ2) is 6.99. The van der Waals surface area contributed by atoms with E-state index < -0.39 is 0 Å². The van der Waals surface area contributed by atoms with Gasteiger partial charge in [0.05, 0.1) is 0 Å². The van der Waals surface area contributed by atoms with Crippen molar-refractivity contribution in [2.24, 2.45) is 0 Å². The van der Waals surface area contributed by atoms with Crippen molar-refractivity contribution >= 4 is 34.7 Å². The molecule has 0 unspecified atom stereocenters. The van der Waals surface area contributed by atoms with Crippen molar-refractivity contribution < 1.29 is 4.79 Å². The fraction of sp³-hybridized carbons (Fsp3) is 0.188. The third-order valence-corrected chi connectivity index (χ3v) is 3.24. The molecule has 21 heavy (non-hydrogen) atoms. The molecule has 2 rings (SSSR count). The predicted octanol–water partition coefficient (Wildman–Crippen LogP) is 4.37. The molecule has 0 radical (unpaired) electrons. The third-order valence-electron chi connectivity index (χ3n) is 2.99. The van der Waals surface area contributed by atoms with E-state index in [9.17, 15) is 4.79 Å². The molecule has 0 aliphatic carbocycles. The van der Waals surface area contributed by atoms with Crippen LogP contribution in [0.2, 0.25) is 5.02 Å². The summed E-state index contributed by atoms with van der Waals surface area (Å²) in [7, 11) is 0. The van der Waals surface area contributed by atoms with E-state index >= 15 is 0 Å². The monoisotopic (exact) mass is 303 g/mol. The Labute approximate surface area is 129 Å². The van der Waals surface area contributed by atoms with E-state index in [-0.39, 0.29) is 6.03 Å². The molecule has 110 valence electrons. The normalized spacial score (nSPS) is 10.2. The Morgan fingerprint density at radius 3 is 2.33 bits per heavy atom. The number of carbonyl (C=O) groups excluding carboxylic acids is 1. The summed E-state index contributed by atoms with van der Waals surface area (Å²) in [6.07, 6.45) is 0.860. The van der Waals surface area contributed by atoms with Gasteiger partial charge in [0.2, 0.25) is 0 Å². The molecule has 0 fully saturated rings. The van der Waals surface area contributed by atoms with Crippen LogP contribution in [0, 0.1) is 0 Å². The summed E-state index contributed by atoms with van der Waals surface area (Å²) in [4.78, 5) is 14.1. The number of halogens is 1. The van der Waals surface area contributed by atoms with E-state index in [0.717, 1.165) is 12.1 Å². The maximum Gasteiger partial charge on any atom is 0.326 e. The molecule has 0 aliphatic rings. The van der Waals surface area contributed by atoms with Crippen molar-refractivity contribution in [2.75, 3.05) is 22.5 Å². The molecule has 0 aromatic heterocycles. The van der Waals surface area contributed by atoms with Crippen LogP contribution in [0.15, 0.2) is 48.5 Å². The first-order valence-electron chi connectivity index (χ1n) is 6.80. The van der Waals surface area contributed by atoms with Crippen LogP contribution in [-0.2, 0) is 0 Å². The SMILES string of the molecule is CCCN(C(=O)Nc1ccc(Cl)cc1)c1ccc(N)cc1. The second-order valence-corrected chi connectivity index (χ2v) is 5.12. The van der Waals surface area contributed by atoms with Crippen LogP contribution in [0.3, 0.4) is 0 Å². The van der Waals surface area contributed by atoms with Gasteiger partial charge in [-0.3, -0.25) is 4.90 Å². The van der Waals surface area contributed by atoms with Crippen molar-refractivity contribution in [3.63, 3.8) is 0 Å². The number of urea groups is 1. The van der Waals surface area contributed by atoms with Gasteiger partial charge in [-0.2, -0.15) is 0 Å². The van der Waals surface area contributed by atoms with Crippen molar-refractivity contribution in [1.29, 1.82) is 0 Å². The second-order valence-electron chi connectivity index (χ2n) is 4.68. The molecule has 0 bridgehead atoms. The van der Waals surface area contributed by atoms with Gasteiger partial charge in [-0.15, -0.1) is 0 Å². The molecule has 0 spiro atoms. The number of hydrogen-bond donors (Lipinski definition) is 2. The molecule has 0 atom stereocenters. The van der Waals surface area contributed by atoms with Gasteiger partial charge in [-0.05, 0) is 55.0 Å². The standard InChI is InChI=1S/C16H18ClN3O/c1-2-11-20(15-9-5-13(18)6-10-15)16(21)19-14-7-3-12(17)4-8-14/h3-10H,2,11,18H2,1H3,(H,19,21). The molecule has 3 N–H and O–H groups in total. The molecule has 0 saturated carbocycles. The van der Waals surface area contributed by atoms with Crippen LogP contribution in [0.4, 0.5) is 21.9 Å². The van der Waals surface area contributed by atoms with E-state index in [0.29, 0.717) is 22.9 Å². The number of amides is 2. The van der Waals surface area contributed by atoms with E-state index in [1.54, 1.807) is 41.3 Å². The summed E-state index contributed by atoms with van der Waals surface area (Å²) in [6.45, 7) is 2.66. The molecule has 0 saturated heterocycles. The van der Waals surface area contributed by atoms with Gasteiger partial charge in [0, 0.05) is 28.6 Å². The summed E-state index contributed by atoms with van der Waals surface area (Å²) in [5.41, 5.74) is 7.88. The van der Waals surface area contributed by atoms with Crippen LogP contribution < -0.4 is 16.0 Å². The quantitative estimate of drug-likeness (QED) is 0.824. The molecule has 2 aromatic carbocycles. The molecule has 2 aromatic rings. The Bertz CT molecular complexity index is 596. The number of benzene rings is 2. The van der Waals surface area contributed by atoms with Crippen LogP contribution in [0.5, 0.6) is 0 Å². The van der Waals surface area contributed by atoms with Gasteiger partial charge in [-0.25, -0.2) is 4.79 Å². The fourth-order valence-electron chi connectivity index (χ4n) is 1.95. The van der Waals surface area contributed by atoms with Gasteiger partial charge in [0.25, 0.3) is 0 Å². The average Bonchev–Trinajstić information content (AvgIpc) is 2.48. The van der Waals surface area contributed by atoms with E-state index in [1.807, 2.05) is 19.1 Å². The number of rotatable bonds is 4. The largest absolute Gasteiger partial charge is 0.399 e. The van der Waals surface area contributed by atoms with Crippen LogP contribution in [-0.4, -0.2) is 12.6 Å². The topological polar surface area (TPSA) is 58.4 Å². The highest BCUT2D eigenvalue weighted by atomic mass is 35.5. The van der Waals surface area contributed by atoms with Gasteiger partial charge >= 0.3 is 6.03 Å². The Balaban J connectivity index is 2.15. The van der Waals surface area contributed by atoms with Crippen molar-refractivity contribution in [3.8, 4) is 0 Å². The fourth-order valence-corrected chi connectivity index (χ4v) is 2.08. The minimum Gasteiger partial charge on any atom is -0.399 e. The lowest BCUT2D eigenvalue weighted by Crippen LogP contribution is -2.35. The molecule has 2 amide bonds. The first-order valence-corrected chi connectivity index (χ1v) is 7.17. The lowest BCUT2D eigenvalue weighted by molar-refractivity contribution is 0.257. The number of nitrogen functional groups attached to an aromatic ring is 1. The van der Waals surface area contributed by atoms with E-state index in [4.69, 9.17) is 17.3 Å². The first kappa shape index (κ1) is 15.2. The van der Waals surface area contributed by atoms with Crippen LogP contribution in [0.25, 0.3) is 0 Å². The van der Waals surface area contributed by atoms with Gasteiger partial charge in [-0.1, -0.05) is 18.5 Å². The summed E-state index contributed by atoms with van der Waals surface area (Å²) in [5, 5.41) is 3.50. The van der Waals surface area contributed by atoms with Gasteiger partial charge < -0.3 is 11.1 Å². The third kappa shape index (κ3) is 4.13. The number of hydrogen-bond acceptors (Lipinski definition) is 2. The smallest absolute Gasteiger partial charge is 0.326 e. The maximum atomic E-state index is 12.4. The van der Waals surface area contributed by atoms with Crippen molar-refractivity contribution in [2.45, 2.75) is 13.3 Å². The van der Waals surface area contributed by atoms with Gasteiger partial charge in [0.15, 0.2) is 0 Å². The van der Waals surface area contributed by atoms with Crippen LogP contribution in [0.1, 0.15) is 13.3 Å². The molecular weight excluding hydrogens is 286 g/mol. The summed E-state index contributed by atoms with van der Waals surface area (Å²) < 4.78 is 0. The zero-order valence-corrected chi connectivity index (χ0v) is 12.6. The number of anilines is 3. The highest BCUT2D eigenvalue weighted by Crippen LogP contribution is 2.19. The molecule has 0 heterocycles. The number of carbonyl (C=O) groups is 1. The van der Waals surface area contributed by atoms with Crippen molar-refractivity contribution in [1.82, 2.24) is 0 Å². The highest BCUT2D eigenvalue weighted by Gasteiger charge is 2.14. The Hall–Kier alpha value is -2.20. The molecule has 0 aliphatic heterocycles. The molecule has 5 heteroatoms. The number of nitrogens with one attached hydrogen (secondary N) is 1. The Morgan fingerprint density at radius 1 is 1.14 bits per heavy atom. The zero-order chi connectivity index (χ0) is 15.2. The Kier molecular flexibility index (Phi) is 5.06. The minimum absolute atomic E-state index is 0.177. The summed E-state index contributed by atoms with van der Waals surface area (Å²) >= 11 is 5.84. The van der Waals surface area contributed by atoms with Crippen molar-refractivity contribution in [3.05, 3.63) is 53.6 Å². The maximum absolute atomic E-state index is 12.4. The molecular formula is C16H18ClN3O. The number of nitrogens with zero attached hydrogens (tertiary/aromatic N) is 1. The van der Waals surface area contributed by atoms with E-state index in [1.165, 1.54) is 0 Å². The first-order chi connectivity index (χ1) is 10.1. The lowest BCUT2D eigenvalue weighted by atomic mass is 10.2. The average molecular weight is 304 g/mol. The highest BCUT2D eigenvalue weighted by molar-refractivity contribution is 6.30. The molecule has 4 nitrogen and oxygen atoms in total. The predicted molar refractivity (Wildman–Crippen MR) is 89.0 cm³/mol. The summed E-state index contributed by atoms with van der Waals surface area (Å²) in [6, 6.07) is 14.1. The summed E-state index contributed by atoms with van der Waals surface area (Å²) in [5.74, 6) is 0. The minimum atomic E-state index is -0.177. The zero-order valence-electron chi connectivity index (χ0n) is 11.8. The van der Waals surface area contributed by atoms with E-state index in [2.05, 4.69) is 5.32 Å². The number of nitrogens with two attached hydrogens (primary N) is 1. The Morgan fingerprint density at radius 2 is 1.76 bits per heavy atom. The van der Waals surface area contributed by atoms with Crippen LogP contribution >= 0.6 is 11.6 Å².